The van der Waals surface area contributed by atoms with Gasteiger partial charge in [0.15, 0.2) is 0 Å². The molecule has 27 aliphatic rings. The molecule has 0 saturated carbocycles. The van der Waals surface area contributed by atoms with Crippen LogP contribution in [0.3, 0.4) is 0 Å². The molecule has 18 aromatic carbocycles. The third-order valence-electron chi connectivity index (χ3n) is 25.1. The molecule has 0 radical (unpaired) electrons. The highest BCUT2D eigenvalue weighted by atomic mass is 14.2. The van der Waals surface area contributed by atoms with Gasteiger partial charge in [-0.25, -0.2) is 0 Å². The Morgan fingerprint density at radius 3 is 0.353 bits per heavy atom. The molecule has 0 fully saturated rings. The van der Waals surface area contributed by atoms with Crippen molar-refractivity contribution in [1.29, 1.82) is 0 Å². The second-order valence-electron chi connectivity index (χ2n) is 32.0. The SMILES string of the molecule is c1ccc2c(c1)-c1ccc(cc1)-c1ccc(cc1)-c1ccc(cc1)-c1cc3ccc1CCc1ccc(c(c1)-c1ccc(cc1)-c1ccc(cc1)-c1ccc(cc1)-c1ccccc1-c1ccc(cc1)-c1ccc(cc1)-c1ccc(cc1)-c1cc4ccc1CCc1ccc(c(c1)-c1ccc(cc1)-c1ccc(cc1)-c1ccc-2cc1)CC4)CC3. The van der Waals surface area contributed by atoms with Crippen molar-refractivity contribution < 1.29 is 0 Å². The monoisotopic (exact) mass is 1480 g/mol. The molecular formula is C116H84. The molecule has 0 nitrogen and oxygen atoms in total. The average Bonchev–Trinajstić information content (AvgIpc) is 0.800. The van der Waals surface area contributed by atoms with E-state index in [1.807, 2.05) is 0 Å². The van der Waals surface area contributed by atoms with Gasteiger partial charge in [0.25, 0.3) is 0 Å². The van der Waals surface area contributed by atoms with E-state index in [-0.39, 0.29) is 0 Å². The molecule has 0 unspecified atom stereocenters. The zero-order valence-corrected chi connectivity index (χ0v) is 64.9. The van der Waals surface area contributed by atoms with E-state index < -0.39 is 0 Å². The number of rotatable bonds is 0. The van der Waals surface area contributed by atoms with Gasteiger partial charge in [0.05, 0.1) is 0 Å². The molecule has 36 bridgehead atoms. The lowest BCUT2D eigenvalue weighted by molar-refractivity contribution is 0.925. The van der Waals surface area contributed by atoms with Crippen LogP contribution in [0.2, 0.25) is 0 Å². The highest BCUT2D eigenvalue weighted by molar-refractivity contribution is 5.89. The molecule has 0 spiro atoms. The zero-order chi connectivity index (χ0) is 76.8. The van der Waals surface area contributed by atoms with Crippen LogP contribution in [0, 0.1) is 0 Å². The van der Waals surface area contributed by atoms with Crippen LogP contribution in [0.4, 0.5) is 0 Å². The van der Waals surface area contributed by atoms with Gasteiger partial charge in [0.1, 0.15) is 0 Å². The lowest BCUT2D eigenvalue weighted by Gasteiger charge is -2.18. The van der Waals surface area contributed by atoms with E-state index in [2.05, 4.69) is 413 Å². The first-order chi connectivity index (χ1) is 57.4. The zero-order valence-electron chi connectivity index (χ0n) is 64.9. The molecule has 548 valence electrons. The van der Waals surface area contributed by atoms with Crippen LogP contribution >= 0.6 is 0 Å². The fourth-order valence-electron chi connectivity index (χ4n) is 18.3. The lowest BCUT2D eigenvalue weighted by Crippen LogP contribution is -2.02. The standard InChI is InChI=1S/C116H84/c1-2-6-110-98-59-43-90(44-60-98)82-27-35-86(36-28-82)94-51-67-106(68-52-94)114-74-78-10-18-102(114)22-15-80-12-20-104(24-16-78)116(76-80)108-71-55-96(56-72-108)88-39-31-84(32-40-88)92-47-63-100(64-48-92)112-8-4-3-7-111(112)99-61-45-91(46-62-99)83-29-37-87(38-30-83)95-53-69-107(70-54-95)115-75-79-11-19-103(115)23-14-77-9-17-101(21-13-79)113(73-77)105-65-49-93(50-66-105)85-33-25-81(26-34-85)89-41-57-97(58-42-89)109(110)5-1/h1-12,17-20,25-76H,13-16,21-24H2. The summed E-state index contributed by atoms with van der Waals surface area (Å²) in [6.45, 7) is 0. The minimum atomic E-state index is 0.970. The summed E-state index contributed by atoms with van der Waals surface area (Å²) in [4.78, 5) is 0. The fraction of sp³-hybridized carbons (Fsp3) is 0.0690. The van der Waals surface area contributed by atoms with Crippen LogP contribution in [-0.4, -0.2) is 0 Å². The maximum atomic E-state index is 2.47. The molecule has 0 amide bonds. The maximum Gasteiger partial charge on any atom is -0.0105 e. The molecule has 0 atom stereocenters. The molecule has 27 aliphatic carbocycles. The first kappa shape index (κ1) is 69.9. The van der Waals surface area contributed by atoms with Gasteiger partial charge in [0.2, 0.25) is 0 Å². The van der Waals surface area contributed by atoms with Gasteiger partial charge in [-0.05, 0) is 274 Å². The predicted molar refractivity (Wildman–Crippen MR) is 489 cm³/mol. The molecular weight excluding hydrogens is 1390 g/mol. The van der Waals surface area contributed by atoms with Crippen LogP contribution in [0.15, 0.2) is 413 Å². The van der Waals surface area contributed by atoms with Crippen molar-refractivity contribution in [2.75, 3.05) is 0 Å². The number of aryl methyl sites for hydroxylation is 8. The van der Waals surface area contributed by atoms with E-state index in [0.717, 1.165) is 51.4 Å². The lowest BCUT2D eigenvalue weighted by atomic mass is 9.87. The third-order valence-corrected chi connectivity index (χ3v) is 25.1. The Morgan fingerprint density at radius 2 is 0.216 bits per heavy atom. The summed E-state index contributed by atoms with van der Waals surface area (Å²) in [6, 6.07) is 156. The largest absolute Gasteiger partial charge is 0.0616 e. The fourth-order valence-corrected chi connectivity index (χ4v) is 18.3. The van der Waals surface area contributed by atoms with Gasteiger partial charge in [-0.3, -0.25) is 0 Å². The topological polar surface area (TPSA) is 0 Å². The number of hydrogen-bond donors (Lipinski definition) is 0. The van der Waals surface area contributed by atoms with E-state index in [9.17, 15) is 0 Å². The van der Waals surface area contributed by atoms with Gasteiger partial charge in [-0.15, -0.1) is 0 Å². The molecule has 0 saturated heterocycles. The van der Waals surface area contributed by atoms with Gasteiger partial charge in [0, 0.05) is 0 Å². The molecule has 116 heavy (non-hydrogen) atoms. The van der Waals surface area contributed by atoms with Crippen molar-refractivity contribution in [3.8, 4) is 178 Å². The van der Waals surface area contributed by atoms with Crippen molar-refractivity contribution in [3.05, 3.63) is 457 Å². The Labute approximate surface area is 681 Å². The van der Waals surface area contributed by atoms with Gasteiger partial charge in [-0.2, -0.15) is 0 Å². The van der Waals surface area contributed by atoms with E-state index in [1.54, 1.807) is 0 Å². The Hall–Kier alpha value is -14.0. The smallest absolute Gasteiger partial charge is 0.0105 e. The van der Waals surface area contributed by atoms with E-state index in [4.69, 9.17) is 0 Å². The van der Waals surface area contributed by atoms with Gasteiger partial charge in [-0.1, -0.05) is 413 Å². The van der Waals surface area contributed by atoms with Crippen molar-refractivity contribution in [2.24, 2.45) is 0 Å². The summed E-state index contributed by atoms with van der Waals surface area (Å²) in [6.07, 6.45) is 7.77. The van der Waals surface area contributed by atoms with Crippen molar-refractivity contribution >= 4 is 0 Å². The summed E-state index contributed by atoms with van der Waals surface area (Å²) in [5, 5.41) is 0. The summed E-state index contributed by atoms with van der Waals surface area (Å²) in [5.41, 5.74) is 50.6. The summed E-state index contributed by atoms with van der Waals surface area (Å²) in [7, 11) is 0. The Bertz CT molecular complexity index is 5820. The second kappa shape index (κ2) is 30.5. The highest BCUT2D eigenvalue weighted by Crippen LogP contribution is 2.42. The van der Waals surface area contributed by atoms with Crippen molar-refractivity contribution in [2.45, 2.75) is 51.4 Å². The van der Waals surface area contributed by atoms with E-state index in [0.29, 0.717) is 0 Å². The first-order valence-corrected chi connectivity index (χ1v) is 41.3. The minimum absolute atomic E-state index is 0.970. The summed E-state index contributed by atoms with van der Waals surface area (Å²) < 4.78 is 0. The Kier molecular flexibility index (Phi) is 18.4. The van der Waals surface area contributed by atoms with Crippen LogP contribution in [0.1, 0.15) is 44.5 Å². The normalized spacial score (nSPS) is 12.6. The molecule has 0 heterocycles. The third kappa shape index (κ3) is 14.0. The number of benzene rings is 18. The van der Waals surface area contributed by atoms with Gasteiger partial charge >= 0.3 is 0 Å². The average molecular weight is 1480 g/mol. The predicted octanol–water partition coefficient (Wildman–Crippen LogP) is 30.4. The summed E-state index contributed by atoms with van der Waals surface area (Å²) >= 11 is 0. The maximum absolute atomic E-state index is 2.47. The molecule has 45 rings (SSSR count). The molecule has 0 aromatic heterocycles. The molecule has 0 N–H and O–H groups in total. The molecule has 0 heteroatoms. The van der Waals surface area contributed by atoms with Gasteiger partial charge < -0.3 is 0 Å². The summed E-state index contributed by atoms with van der Waals surface area (Å²) in [5.74, 6) is 0. The van der Waals surface area contributed by atoms with Crippen LogP contribution in [0.5, 0.6) is 0 Å². The Balaban J connectivity index is 0.555. The van der Waals surface area contributed by atoms with E-state index >= 15 is 0 Å². The van der Waals surface area contributed by atoms with E-state index in [1.165, 1.54) is 223 Å². The second-order valence-corrected chi connectivity index (χ2v) is 32.0. The van der Waals surface area contributed by atoms with Crippen LogP contribution in [-0.2, 0) is 51.4 Å². The quantitative estimate of drug-likeness (QED) is 0.142. The number of hydrogen-bond acceptors (Lipinski definition) is 0. The highest BCUT2D eigenvalue weighted by Gasteiger charge is 2.20. The van der Waals surface area contributed by atoms with Crippen LogP contribution in [0.25, 0.3) is 178 Å². The molecule has 0 aliphatic heterocycles. The van der Waals surface area contributed by atoms with Crippen molar-refractivity contribution in [1.82, 2.24) is 0 Å². The molecule has 18 aromatic rings. The van der Waals surface area contributed by atoms with Crippen LogP contribution < -0.4 is 0 Å². The Morgan fingerprint density at radius 1 is 0.0948 bits per heavy atom. The van der Waals surface area contributed by atoms with Crippen molar-refractivity contribution in [3.63, 3.8) is 0 Å². The minimum Gasteiger partial charge on any atom is -0.0616 e. The first-order valence-electron chi connectivity index (χ1n) is 41.3.